The molecule has 2 aliphatic rings. The van der Waals surface area contributed by atoms with E-state index in [0.717, 1.165) is 33.9 Å². The van der Waals surface area contributed by atoms with Gasteiger partial charge in [0.15, 0.2) is 0 Å². The Morgan fingerprint density at radius 3 is 0.846 bits per heavy atom. The van der Waals surface area contributed by atoms with E-state index in [9.17, 15) is 9.59 Å². The lowest BCUT2D eigenvalue weighted by Crippen LogP contribution is -3.00. The Bertz CT molecular complexity index is 991. The molecular weight excluding hydrogens is 936 g/mol. The van der Waals surface area contributed by atoms with Crippen molar-refractivity contribution in [1.82, 2.24) is 0 Å². The minimum Gasteiger partial charge on any atom is -1.00 e. The maximum atomic E-state index is 12.8. The standard InChI is InChI=1S/C57H112N2O4.2BrH/c1-7-9-11-13-15-17-19-21-23-25-27-29-31-33-43-58(3,4)45-47-62-56(60)50-54-39-35-52(36-40-54)49-53-37-41-55(42-38-53)51-57(61)63-48-46-59(5,6)44-34-32-30-28-26-24-22-20-18-16-14-12-10-8-2;;/h52-55H,7-51H2,1-6H3;2*1H/q+2;;/p-2. The van der Waals surface area contributed by atoms with Crippen molar-refractivity contribution in [2.45, 2.75) is 264 Å². The molecular formula is C57H112Br2N2O4. The van der Waals surface area contributed by atoms with Crippen LogP contribution in [0, 0.1) is 23.7 Å². The van der Waals surface area contributed by atoms with Crippen LogP contribution in [0.3, 0.4) is 0 Å². The topological polar surface area (TPSA) is 52.6 Å². The summed E-state index contributed by atoms with van der Waals surface area (Å²) in [6.07, 6.45) is 51.5. The number of nitrogens with zero attached hydrogens (tertiary/aromatic N) is 2. The molecule has 2 rings (SSSR count). The lowest BCUT2D eigenvalue weighted by atomic mass is 9.72. The van der Waals surface area contributed by atoms with E-state index in [1.54, 1.807) is 0 Å². The second kappa shape index (κ2) is 42.7. The predicted octanol–water partition coefficient (Wildman–Crippen LogP) is 9.98. The highest BCUT2D eigenvalue weighted by Gasteiger charge is 2.29. The molecule has 0 bridgehead atoms. The van der Waals surface area contributed by atoms with E-state index >= 15 is 0 Å². The monoisotopic (exact) mass is 1050 g/mol. The highest BCUT2D eigenvalue weighted by molar-refractivity contribution is 5.70. The van der Waals surface area contributed by atoms with E-state index in [1.807, 2.05) is 0 Å². The summed E-state index contributed by atoms with van der Waals surface area (Å²) in [6.45, 7) is 9.87. The van der Waals surface area contributed by atoms with Crippen molar-refractivity contribution in [3.8, 4) is 0 Å². The summed E-state index contributed by atoms with van der Waals surface area (Å²) in [6, 6.07) is 0. The van der Waals surface area contributed by atoms with Crippen LogP contribution in [0.1, 0.15) is 264 Å². The summed E-state index contributed by atoms with van der Waals surface area (Å²) in [5.41, 5.74) is 0. The molecule has 0 spiro atoms. The van der Waals surface area contributed by atoms with Crippen molar-refractivity contribution in [2.75, 3.05) is 67.6 Å². The van der Waals surface area contributed by atoms with Gasteiger partial charge in [0.05, 0.1) is 41.3 Å². The van der Waals surface area contributed by atoms with Crippen LogP contribution in [-0.4, -0.2) is 88.5 Å². The molecule has 0 unspecified atom stereocenters. The van der Waals surface area contributed by atoms with Gasteiger partial charge in [-0.25, -0.2) is 0 Å². The van der Waals surface area contributed by atoms with Crippen LogP contribution in [0.5, 0.6) is 0 Å². The SMILES string of the molecule is CCCCCCCCCCCCCCCC[N+](C)(C)CCOC(=O)CC1CCC(CC2CCC(CC(=O)OCC[N+](C)(C)CCCCCCCCCCCCCCCC)CC2)CC1.[Br-].[Br-]. The van der Waals surface area contributed by atoms with Gasteiger partial charge < -0.3 is 52.4 Å². The zero-order valence-corrected chi connectivity index (χ0v) is 47.6. The second-order valence-corrected chi connectivity index (χ2v) is 22.8. The zero-order chi connectivity index (χ0) is 45.7. The van der Waals surface area contributed by atoms with E-state index in [-0.39, 0.29) is 45.9 Å². The molecule has 0 N–H and O–H groups in total. The van der Waals surface area contributed by atoms with Crippen molar-refractivity contribution in [1.29, 1.82) is 0 Å². The van der Waals surface area contributed by atoms with Crippen LogP contribution in [0.25, 0.3) is 0 Å². The number of hydrogen-bond donors (Lipinski definition) is 0. The first-order valence-electron chi connectivity index (χ1n) is 28.5. The number of halogens is 2. The summed E-state index contributed by atoms with van der Waals surface area (Å²) < 4.78 is 13.5. The molecule has 0 saturated heterocycles. The molecule has 0 aromatic heterocycles. The fourth-order valence-corrected chi connectivity index (χ4v) is 10.9. The summed E-state index contributed by atoms with van der Waals surface area (Å²) in [5, 5.41) is 0. The van der Waals surface area contributed by atoms with Crippen molar-refractivity contribution in [2.24, 2.45) is 23.7 Å². The molecule has 0 atom stereocenters. The van der Waals surface area contributed by atoms with Gasteiger partial charge in [-0.2, -0.15) is 0 Å². The molecule has 8 heteroatoms. The number of quaternary nitrogens is 2. The highest BCUT2D eigenvalue weighted by atomic mass is 79.9. The Balaban J connectivity index is 0.0000205. The van der Waals surface area contributed by atoms with Crippen LogP contribution in [0.15, 0.2) is 0 Å². The van der Waals surface area contributed by atoms with Crippen LogP contribution in [0.2, 0.25) is 0 Å². The Morgan fingerprint density at radius 1 is 0.354 bits per heavy atom. The van der Waals surface area contributed by atoms with E-state index < -0.39 is 0 Å². The summed E-state index contributed by atoms with van der Waals surface area (Å²) in [4.78, 5) is 25.5. The minimum absolute atomic E-state index is 0. The molecule has 0 heterocycles. The molecule has 2 saturated carbocycles. The third-order valence-electron chi connectivity index (χ3n) is 15.7. The quantitative estimate of drug-likeness (QED) is 0.0348. The maximum absolute atomic E-state index is 12.8. The summed E-state index contributed by atoms with van der Waals surface area (Å²) in [7, 11) is 9.17. The van der Waals surface area contributed by atoms with Gasteiger partial charge >= 0.3 is 11.9 Å². The van der Waals surface area contributed by atoms with Gasteiger partial charge in [0.2, 0.25) is 0 Å². The predicted molar refractivity (Wildman–Crippen MR) is 271 cm³/mol. The van der Waals surface area contributed by atoms with Crippen LogP contribution in [-0.2, 0) is 19.1 Å². The Labute approximate surface area is 427 Å². The van der Waals surface area contributed by atoms with E-state index in [2.05, 4.69) is 42.0 Å². The Hall–Kier alpha value is -0.180. The van der Waals surface area contributed by atoms with Gasteiger partial charge in [-0.1, -0.05) is 194 Å². The highest BCUT2D eigenvalue weighted by Crippen LogP contribution is 2.40. The van der Waals surface area contributed by atoms with Crippen LogP contribution in [0.4, 0.5) is 0 Å². The average molecular weight is 1050 g/mol. The largest absolute Gasteiger partial charge is 1.00 e. The van der Waals surface area contributed by atoms with Crippen LogP contribution >= 0.6 is 0 Å². The van der Waals surface area contributed by atoms with Gasteiger partial charge in [-0.15, -0.1) is 0 Å². The molecule has 2 fully saturated rings. The van der Waals surface area contributed by atoms with Crippen molar-refractivity contribution >= 4 is 11.9 Å². The van der Waals surface area contributed by atoms with E-state index in [1.165, 1.54) is 251 Å². The third-order valence-corrected chi connectivity index (χ3v) is 15.7. The maximum Gasteiger partial charge on any atom is 0.306 e. The smallest absolute Gasteiger partial charge is 0.306 e. The number of carbonyl (C=O) groups is 2. The second-order valence-electron chi connectivity index (χ2n) is 22.8. The molecule has 0 amide bonds. The zero-order valence-electron chi connectivity index (χ0n) is 44.4. The van der Waals surface area contributed by atoms with E-state index in [0.29, 0.717) is 37.9 Å². The molecule has 65 heavy (non-hydrogen) atoms. The number of hydrogen-bond acceptors (Lipinski definition) is 4. The normalized spacial score (nSPS) is 19.0. The Kier molecular flexibility index (Phi) is 42.6. The molecule has 388 valence electrons. The summed E-state index contributed by atoms with van der Waals surface area (Å²) in [5.74, 6) is 2.67. The van der Waals surface area contributed by atoms with Crippen molar-refractivity contribution < 1.29 is 62.0 Å². The van der Waals surface area contributed by atoms with Gasteiger partial charge in [0.25, 0.3) is 0 Å². The first-order chi connectivity index (χ1) is 30.5. The van der Waals surface area contributed by atoms with Crippen molar-refractivity contribution in [3.05, 3.63) is 0 Å². The van der Waals surface area contributed by atoms with Gasteiger partial charge in [0.1, 0.15) is 26.3 Å². The molecule has 6 nitrogen and oxygen atoms in total. The molecule has 0 aliphatic heterocycles. The number of carbonyl (C=O) groups excluding carboxylic acids is 2. The first-order valence-corrected chi connectivity index (χ1v) is 28.5. The molecule has 0 aromatic carbocycles. The number of rotatable bonds is 42. The molecule has 0 radical (unpaired) electrons. The Morgan fingerprint density at radius 2 is 0.585 bits per heavy atom. The lowest BCUT2D eigenvalue weighted by Gasteiger charge is -2.34. The average Bonchev–Trinajstić information content (AvgIpc) is 3.25. The van der Waals surface area contributed by atoms with Gasteiger partial charge in [0, 0.05) is 12.8 Å². The van der Waals surface area contributed by atoms with Crippen LogP contribution < -0.4 is 34.0 Å². The fraction of sp³-hybridized carbons (Fsp3) is 0.965. The van der Waals surface area contributed by atoms with Crippen molar-refractivity contribution in [3.63, 3.8) is 0 Å². The number of esters is 2. The molecule has 0 aromatic rings. The van der Waals surface area contributed by atoms with E-state index in [4.69, 9.17) is 9.47 Å². The number of ether oxygens (including phenoxy) is 2. The summed E-state index contributed by atoms with van der Waals surface area (Å²) >= 11 is 0. The minimum atomic E-state index is 0. The molecule has 2 aliphatic carbocycles. The van der Waals surface area contributed by atoms with Gasteiger partial charge in [-0.05, 0) is 81.5 Å². The first kappa shape index (κ1) is 64.8. The fourth-order valence-electron chi connectivity index (χ4n) is 10.9. The van der Waals surface area contributed by atoms with Gasteiger partial charge in [-0.3, -0.25) is 9.59 Å². The third kappa shape index (κ3) is 38.3. The lowest BCUT2D eigenvalue weighted by molar-refractivity contribution is -0.890. The number of likely N-dealkylation sites (N-methyl/N-ethyl adjacent to an activating group) is 2. The number of unbranched alkanes of at least 4 members (excludes halogenated alkanes) is 26.